The lowest BCUT2D eigenvalue weighted by Crippen LogP contribution is -2.45. The van der Waals surface area contributed by atoms with Crippen molar-refractivity contribution in [3.63, 3.8) is 0 Å². The van der Waals surface area contributed by atoms with Gasteiger partial charge in [-0.05, 0) is 49.8 Å². The zero-order valence-electron chi connectivity index (χ0n) is 18.1. The molecule has 1 saturated heterocycles. The van der Waals surface area contributed by atoms with E-state index in [1.165, 1.54) is 15.9 Å². The molecule has 0 atom stereocenters. The molecule has 0 unspecified atom stereocenters. The number of nitrogens with zero attached hydrogens (tertiary/aromatic N) is 3. The van der Waals surface area contributed by atoms with E-state index in [0.717, 1.165) is 10.1 Å². The van der Waals surface area contributed by atoms with Crippen LogP contribution in [0.25, 0.3) is 15.9 Å². The van der Waals surface area contributed by atoms with Crippen LogP contribution in [0.5, 0.6) is 0 Å². The molecule has 1 aliphatic heterocycles. The van der Waals surface area contributed by atoms with Crippen molar-refractivity contribution in [2.75, 3.05) is 19.7 Å². The summed E-state index contributed by atoms with van der Waals surface area (Å²) in [6, 6.07) is 8.88. The minimum absolute atomic E-state index is 0.164. The summed E-state index contributed by atoms with van der Waals surface area (Å²) in [4.78, 5) is 53.1. The van der Waals surface area contributed by atoms with Gasteiger partial charge in [-0.1, -0.05) is 18.2 Å². The Bertz CT molecular complexity index is 1280. The second kappa shape index (κ2) is 9.12. The summed E-state index contributed by atoms with van der Waals surface area (Å²) in [6.45, 7) is 4.65. The second-order valence-corrected chi connectivity index (χ2v) is 8.75. The van der Waals surface area contributed by atoms with Gasteiger partial charge in [0.25, 0.3) is 5.56 Å². The first-order chi connectivity index (χ1) is 15.4. The van der Waals surface area contributed by atoms with E-state index >= 15 is 0 Å². The van der Waals surface area contributed by atoms with Crippen molar-refractivity contribution in [2.45, 2.75) is 33.2 Å². The van der Waals surface area contributed by atoms with Crippen LogP contribution in [0.2, 0.25) is 0 Å². The Hall–Kier alpha value is -3.20. The Labute approximate surface area is 188 Å². The van der Waals surface area contributed by atoms with Gasteiger partial charge >= 0.3 is 11.7 Å². The molecular formula is C23H25N3O5S. The summed E-state index contributed by atoms with van der Waals surface area (Å²) in [5.74, 6) is -0.633. The Kier molecular flexibility index (Phi) is 6.27. The summed E-state index contributed by atoms with van der Waals surface area (Å²) in [6.07, 6.45) is 1.08. The number of likely N-dealkylation sites (tertiary alicyclic amines) is 1. The average molecular weight is 456 g/mol. The van der Waals surface area contributed by atoms with E-state index in [0.29, 0.717) is 48.4 Å². The maximum Gasteiger partial charge on any atom is 0.336 e. The number of amides is 1. The van der Waals surface area contributed by atoms with Gasteiger partial charge < -0.3 is 9.64 Å². The molecule has 1 fully saturated rings. The average Bonchev–Trinajstić information content (AvgIpc) is 3.28. The Balaban J connectivity index is 1.64. The number of para-hydroxylation sites is 1. The molecule has 1 aliphatic rings. The molecule has 3 aromatic rings. The van der Waals surface area contributed by atoms with Crippen LogP contribution in [-0.4, -0.2) is 45.6 Å². The van der Waals surface area contributed by atoms with Crippen LogP contribution < -0.4 is 11.2 Å². The van der Waals surface area contributed by atoms with E-state index in [1.807, 2.05) is 19.1 Å². The number of carbonyl (C=O) groups excluding carboxylic acids is 2. The molecule has 32 heavy (non-hydrogen) atoms. The molecular weight excluding hydrogens is 430 g/mol. The molecule has 0 N–H and O–H groups in total. The maximum atomic E-state index is 13.4. The van der Waals surface area contributed by atoms with Crippen molar-refractivity contribution < 1.29 is 14.3 Å². The van der Waals surface area contributed by atoms with Crippen LogP contribution in [-0.2, 0) is 20.9 Å². The Morgan fingerprint density at radius 1 is 1.12 bits per heavy atom. The normalized spacial score (nSPS) is 14.6. The van der Waals surface area contributed by atoms with Crippen LogP contribution in [0.4, 0.5) is 0 Å². The smallest absolute Gasteiger partial charge is 0.336 e. The van der Waals surface area contributed by atoms with Crippen molar-refractivity contribution in [1.29, 1.82) is 0 Å². The minimum Gasteiger partial charge on any atom is -0.466 e. The SMILES string of the molecule is CCOC(=O)C1CCN(C(=O)Cn2c(=O)n(-c3ccccc3C)c(=O)c3sccc32)CC1. The lowest BCUT2D eigenvalue weighted by atomic mass is 9.97. The maximum absolute atomic E-state index is 13.4. The van der Waals surface area contributed by atoms with Gasteiger partial charge in [0.1, 0.15) is 11.2 Å². The molecule has 0 spiro atoms. The highest BCUT2D eigenvalue weighted by atomic mass is 32.1. The number of aryl methyl sites for hydroxylation is 1. The number of piperidine rings is 1. The van der Waals surface area contributed by atoms with Crippen molar-refractivity contribution in [1.82, 2.24) is 14.0 Å². The molecule has 9 heteroatoms. The van der Waals surface area contributed by atoms with Gasteiger partial charge in [0.05, 0.1) is 23.7 Å². The largest absolute Gasteiger partial charge is 0.466 e. The van der Waals surface area contributed by atoms with Gasteiger partial charge in [-0.25, -0.2) is 9.36 Å². The molecule has 0 saturated carbocycles. The summed E-state index contributed by atoms with van der Waals surface area (Å²) in [5.41, 5.74) is 0.846. The quantitative estimate of drug-likeness (QED) is 0.551. The molecule has 0 aliphatic carbocycles. The number of benzene rings is 1. The topological polar surface area (TPSA) is 90.6 Å². The van der Waals surface area contributed by atoms with Crippen LogP contribution in [0, 0.1) is 12.8 Å². The molecule has 0 bridgehead atoms. The van der Waals surface area contributed by atoms with Crippen LogP contribution in [0.15, 0.2) is 45.3 Å². The standard InChI is InChI=1S/C23H25N3O5S/c1-3-31-22(29)16-8-11-24(12-9-16)19(27)14-25-18-10-13-32-20(18)21(28)26(23(25)30)17-7-5-4-6-15(17)2/h4-7,10,13,16H,3,8-9,11-12,14H2,1-2H3. The predicted octanol–water partition coefficient (Wildman–Crippen LogP) is 2.32. The first-order valence-electron chi connectivity index (χ1n) is 10.7. The molecule has 2 aromatic heterocycles. The summed E-state index contributed by atoms with van der Waals surface area (Å²) < 4.78 is 8.04. The van der Waals surface area contributed by atoms with Gasteiger partial charge in [-0.15, -0.1) is 11.3 Å². The van der Waals surface area contributed by atoms with E-state index in [-0.39, 0.29) is 29.9 Å². The number of hydrogen-bond donors (Lipinski definition) is 0. The van der Waals surface area contributed by atoms with E-state index in [4.69, 9.17) is 4.74 Å². The zero-order chi connectivity index (χ0) is 22.8. The molecule has 8 nitrogen and oxygen atoms in total. The second-order valence-electron chi connectivity index (χ2n) is 7.84. The van der Waals surface area contributed by atoms with E-state index in [1.54, 1.807) is 35.4 Å². The van der Waals surface area contributed by atoms with Crippen molar-refractivity contribution in [3.8, 4) is 5.69 Å². The fourth-order valence-corrected chi connectivity index (χ4v) is 4.95. The predicted molar refractivity (Wildman–Crippen MR) is 122 cm³/mol. The number of carbonyl (C=O) groups is 2. The first kappa shape index (κ1) is 22.0. The lowest BCUT2D eigenvalue weighted by molar-refractivity contribution is -0.151. The monoisotopic (exact) mass is 455 g/mol. The fourth-order valence-electron chi connectivity index (χ4n) is 4.13. The fraction of sp³-hybridized carbons (Fsp3) is 0.391. The summed E-state index contributed by atoms with van der Waals surface area (Å²) in [7, 11) is 0. The lowest BCUT2D eigenvalue weighted by Gasteiger charge is -2.31. The summed E-state index contributed by atoms with van der Waals surface area (Å²) in [5, 5.41) is 1.75. The van der Waals surface area contributed by atoms with Crippen molar-refractivity contribution in [2.24, 2.45) is 5.92 Å². The van der Waals surface area contributed by atoms with Crippen molar-refractivity contribution in [3.05, 3.63) is 62.1 Å². The number of hydrogen-bond acceptors (Lipinski definition) is 6. The molecule has 0 radical (unpaired) electrons. The third-order valence-corrected chi connectivity index (χ3v) is 6.76. The number of aromatic nitrogens is 2. The molecule has 3 heterocycles. The highest BCUT2D eigenvalue weighted by Crippen LogP contribution is 2.21. The number of fused-ring (bicyclic) bond motifs is 1. The van der Waals surface area contributed by atoms with E-state index in [9.17, 15) is 19.2 Å². The summed E-state index contributed by atoms with van der Waals surface area (Å²) >= 11 is 1.25. The highest BCUT2D eigenvalue weighted by Gasteiger charge is 2.29. The first-order valence-corrected chi connectivity index (χ1v) is 11.5. The zero-order valence-corrected chi connectivity index (χ0v) is 18.9. The van der Waals surface area contributed by atoms with Crippen LogP contribution in [0.3, 0.4) is 0 Å². The van der Waals surface area contributed by atoms with Gasteiger partial charge in [0.15, 0.2) is 0 Å². The van der Waals surface area contributed by atoms with Crippen LogP contribution in [0.1, 0.15) is 25.3 Å². The third-order valence-electron chi connectivity index (χ3n) is 5.87. The molecule has 4 rings (SSSR count). The van der Waals surface area contributed by atoms with Gasteiger partial charge in [0, 0.05) is 13.1 Å². The third kappa shape index (κ3) is 4.00. The number of esters is 1. The molecule has 1 amide bonds. The van der Waals surface area contributed by atoms with Gasteiger partial charge in [0.2, 0.25) is 5.91 Å². The Morgan fingerprint density at radius 2 is 1.84 bits per heavy atom. The van der Waals surface area contributed by atoms with Gasteiger partial charge in [-0.2, -0.15) is 0 Å². The van der Waals surface area contributed by atoms with E-state index in [2.05, 4.69) is 0 Å². The Morgan fingerprint density at radius 3 is 2.53 bits per heavy atom. The van der Waals surface area contributed by atoms with E-state index < -0.39 is 5.69 Å². The molecule has 168 valence electrons. The van der Waals surface area contributed by atoms with Gasteiger partial charge in [-0.3, -0.25) is 19.0 Å². The number of ether oxygens (including phenoxy) is 1. The molecule has 1 aromatic carbocycles. The highest BCUT2D eigenvalue weighted by molar-refractivity contribution is 7.17. The minimum atomic E-state index is -0.537. The number of thiophene rings is 1. The van der Waals surface area contributed by atoms with Crippen molar-refractivity contribution >= 4 is 33.4 Å². The number of rotatable bonds is 5. The van der Waals surface area contributed by atoms with Crippen LogP contribution >= 0.6 is 11.3 Å².